The molecule has 2 aromatic carbocycles. The first-order valence-electron chi connectivity index (χ1n) is 8.70. The maximum atomic E-state index is 13.2. The van der Waals surface area contributed by atoms with Gasteiger partial charge >= 0.3 is 5.69 Å². The lowest BCUT2D eigenvalue weighted by Gasteiger charge is -2.28. The molecule has 0 aliphatic heterocycles. The minimum Gasteiger partial charge on any atom is -0.293 e. The summed E-state index contributed by atoms with van der Waals surface area (Å²) in [5.74, 6) is 0. The highest BCUT2D eigenvalue weighted by Gasteiger charge is 2.28. The SMILES string of the molecule is CCCn1c(=O)n(C(C)(C)c2ccccc2)c(=O)c2cc(C)ccc21. The Morgan fingerprint density at radius 1 is 1.00 bits per heavy atom. The van der Waals surface area contributed by atoms with Gasteiger partial charge in [0.1, 0.15) is 0 Å². The quantitative estimate of drug-likeness (QED) is 0.730. The fourth-order valence-corrected chi connectivity index (χ4v) is 3.40. The number of fused-ring (bicyclic) bond motifs is 1. The second kappa shape index (κ2) is 6.36. The highest BCUT2D eigenvalue weighted by molar-refractivity contribution is 5.78. The average Bonchev–Trinajstić information content (AvgIpc) is 2.59. The van der Waals surface area contributed by atoms with Crippen molar-refractivity contribution < 1.29 is 0 Å². The van der Waals surface area contributed by atoms with E-state index in [1.54, 1.807) is 4.57 Å². The first kappa shape index (κ1) is 17.2. The molecular formula is C21H24N2O2. The number of aryl methyl sites for hydroxylation is 2. The van der Waals surface area contributed by atoms with Crippen LogP contribution in [0.1, 0.15) is 38.3 Å². The standard InChI is InChI=1S/C21H24N2O2/c1-5-13-22-18-12-11-15(2)14-17(18)19(24)23(20(22)25)21(3,4)16-9-7-6-8-10-16/h6-12,14H,5,13H2,1-4H3. The van der Waals surface area contributed by atoms with E-state index in [0.717, 1.165) is 17.5 Å². The van der Waals surface area contributed by atoms with Crippen LogP contribution in [-0.2, 0) is 12.1 Å². The Bertz CT molecular complexity index is 1030. The summed E-state index contributed by atoms with van der Waals surface area (Å²) in [4.78, 5) is 26.5. The number of benzene rings is 2. The van der Waals surface area contributed by atoms with E-state index in [4.69, 9.17) is 0 Å². The molecule has 0 aliphatic carbocycles. The number of aromatic nitrogens is 2. The molecule has 4 nitrogen and oxygen atoms in total. The summed E-state index contributed by atoms with van der Waals surface area (Å²) in [6.07, 6.45) is 0.826. The highest BCUT2D eigenvalue weighted by atomic mass is 16.2. The van der Waals surface area contributed by atoms with Gasteiger partial charge in [-0.3, -0.25) is 9.36 Å². The van der Waals surface area contributed by atoms with E-state index in [2.05, 4.69) is 0 Å². The Hall–Kier alpha value is -2.62. The van der Waals surface area contributed by atoms with E-state index in [-0.39, 0.29) is 11.2 Å². The van der Waals surface area contributed by atoms with Gasteiger partial charge in [-0.15, -0.1) is 0 Å². The second-order valence-corrected chi connectivity index (χ2v) is 7.02. The lowest BCUT2D eigenvalue weighted by Crippen LogP contribution is -2.49. The van der Waals surface area contributed by atoms with Gasteiger partial charge in [0.2, 0.25) is 0 Å². The zero-order valence-electron chi connectivity index (χ0n) is 15.2. The van der Waals surface area contributed by atoms with E-state index in [1.807, 2.05) is 76.2 Å². The van der Waals surface area contributed by atoms with Crippen LogP contribution in [0.3, 0.4) is 0 Å². The Balaban J connectivity index is 2.43. The van der Waals surface area contributed by atoms with Crippen molar-refractivity contribution in [2.24, 2.45) is 0 Å². The first-order chi connectivity index (χ1) is 11.9. The minimum atomic E-state index is -0.733. The zero-order chi connectivity index (χ0) is 18.2. The lowest BCUT2D eigenvalue weighted by molar-refractivity contribution is 0.391. The van der Waals surface area contributed by atoms with Gasteiger partial charge in [0.25, 0.3) is 5.56 Å². The van der Waals surface area contributed by atoms with Crippen LogP contribution in [0.4, 0.5) is 0 Å². The molecule has 0 unspecified atom stereocenters. The van der Waals surface area contributed by atoms with Crippen molar-refractivity contribution in [2.45, 2.75) is 46.2 Å². The molecule has 0 bridgehead atoms. The van der Waals surface area contributed by atoms with Crippen molar-refractivity contribution in [2.75, 3.05) is 0 Å². The Morgan fingerprint density at radius 3 is 2.32 bits per heavy atom. The van der Waals surface area contributed by atoms with Gasteiger partial charge in [-0.1, -0.05) is 48.9 Å². The molecule has 25 heavy (non-hydrogen) atoms. The highest BCUT2D eigenvalue weighted by Crippen LogP contribution is 2.23. The topological polar surface area (TPSA) is 44.0 Å². The van der Waals surface area contributed by atoms with Gasteiger partial charge in [-0.2, -0.15) is 0 Å². The third-order valence-corrected chi connectivity index (χ3v) is 4.79. The van der Waals surface area contributed by atoms with Gasteiger partial charge in [0, 0.05) is 6.54 Å². The molecule has 3 rings (SSSR count). The summed E-state index contributed by atoms with van der Waals surface area (Å²) in [6.45, 7) is 8.42. The molecule has 3 aromatic rings. The summed E-state index contributed by atoms with van der Waals surface area (Å²) in [5, 5.41) is 0.594. The third kappa shape index (κ3) is 2.82. The summed E-state index contributed by atoms with van der Waals surface area (Å²) >= 11 is 0. The molecule has 1 heterocycles. The van der Waals surface area contributed by atoms with Crippen molar-refractivity contribution in [3.8, 4) is 0 Å². The van der Waals surface area contributed by atoms with E-state index >= 15 is 0 Å². The second-order valence-electron chi connectivity index (χ2n) is 7.02. The van der Waals surface area contributed by atoms with Crippen LogP contribution in [0.15, 0.2) is 58.1 Å². The van der Waals surface area contributed by atoms with Crippen molar-refractivity contribution in [3.63, 3.8) is 0 Å². The molecule has 0 aliphatic rings. The molecule has 0 radical (unpaired) electrons. The first-order valence-corrected chi connectivity index (χ1v) is 8.70. The average molecular weight is 336 g/mol. The van der Waals surface area contributed by atoms with Crippen molar-refractivity contribution >= 4 is 10.9 Å². The van der Waals surface area contributed by atoms with E-state index < -0.39 is 5.54 Å². The molecule has 0 spiro atoms. The molecule has 0 fully saturated rings. The molecule has 0 amide bonds. The van der Waals surface area contributed by atoms with Gasteiger partial charge in [0.15, 0.2) is 0 Å². The minimum absolute atomic E-state index is 0.232. The third-order valence-electron chi connectivity index (χ3n) is 4.79. The maximum Gasteiger partial charge on any atom is 0.332 e. The summed E-state index contributed by atoms with van der Waals surface area (Å²) in [6, 6.07) is 15.4. The van der Waals surface area contributed by atoms with Crippen LogP contribution in [0.2, 0.25) is 0 Å². The molecule has 1 aromatic heterocycles. The van der Waals surface area contributed by atoms with Crippen molar-refractivity contribution in [1.29, 1.82) is 0 Å². The van der Waals surface area contributed by atoms with Crippen LogP contribution in [0, 0.1) is 6.92 Å². The Kier molecular flexibility index (Phi) is 4.38. The van der Waals surface area contributed by atoms with Crippen LogP contribution in [0.5, 0.6) is 0 Å². The van der Waals surface area contributed by atoms with Gasteiger partial charge in [-0.05, 0) is 44.9 Å². The number of hydrogen-bond acceptors (Lipinski definition) is 2. The zero-order valence-corrected chi connectivity index (χ0v) is 15.2. The molecule has 0 saturated heterocycles. The number of nitrogens with zero attached hydrogens (tertiary/aromatic N) is 2. The summed E-state index contributed by atoms with van der Waals surface area (Å²) in [5.41, 5.74) is 1.44. The fraction of sp³-hybridized carbons (Fsp3) is 0.333. The van der Waals surface area contributed by atoms with Crippen molar-refractivity contribution in [3.05, 3.63) is 80.5 Å². The van der Waals surface area contributed by atoms with E-state index in [1.165, 1.54) is 4.57 Å². The predicted octanol–water partition coefficient (Wildman–Crippen LogP) is 3.67. The molecular weight excluding hydrogens is 312 g/mol. The Morgan fingerprint density at radius 2 is 1.68 bits per heavy atom. The van der Waals surface area contributed by atoms with Crippen LogP contribution in [0.25, 0.3) is 10.9 Å². The summed E-state index contributed by atoms with van der Waals surface area (Å²) in [7, 11) is 0. The molecule has 0 atom stereocenters. The molecule has 4 heteroatoms. The van der Waals surface area contributed by atoms with Crippen LogP contribution in [-0.4, -0.2) is 9.13 Å². The monoisotopic (exact) mass is 336 g/mol. The summed E-state index contributed by atoms with van der Waals surface area (Å²) < 4.78 is 3.13. The van der Waals surface area contributed by atoms with E-state index in [0.29, 0.717) is 17.4 Å². The van der Waals surface area contributed by atoms with Crippen LogP contribution >= 0.6 is 0 Å². The lowest BCUT2D eigenvalue weighted by atomic mass is 9.93. The van der Waals surface area contributed by atoms with E-state index in [9.17, 15) is 9.59 Å². The molecule has 0 saturated carbocycles. The molecule has 130 valence electrons. The normalized spacial score (nSPS) is 11.8. The number of rotatable bonds is 4. The Labute approximate surface area is 147 Å². The predicted molar refractivity (Wildman–Crippen MR) is 102 cm³/mol. The fourth-order valence-electron chi connectivity index (χ4n) is 3.40. The maximum absolute atomic E-state index is 13.2. The van der Waals surface area contributed by atoms with Crippen LogP contribution < -0.4 is 11.2 Å². The van der Waals surface area contributed by atoms with Gasteiger partial charge in [-0.25, -0.2) is 9.36 Å². The number of hydrogen-bond donors (Lipinski definition) is 0. The largest absolute Gasteiger partial charge is 0.332 e. The van der Waals surface area contributed by atoms with Crippen molar-refractivity contribution in [1.82, 2.24) is 9.13 Å². The smallest absolute Gasteiger partial charge is 0.293 e. The molecule has 0 N–H and O–H groups in total. The van der Waals surface area contributed by atoms with Gasteiger partial charge < -0.3 is 0 Å². The van der Waals surface area contributed by atoms with Gasteiger partial charge in [0.05, 0.1) is 16.4 Å².